The maximum Gasteiger partial charge on any atom is 0.309 e. The van der Waals surface area contributed by atoms with E-state index in [-0.39, 0.29) is 5.41 Å². The van der Waals surface area contributed by atoms with Crippen LogP contribution >= 0.6 is 0 Å². The quantitative estimate of drug-likeness (QED) is 0.165. The minimum atomic E-state index is -1.13. The van der Waals surface area contributed by atoms with Gasteiger partial charge >= 0.3 is 17.9 Å². The van der Waals surface area contributed by atoms with Gasteiger partial charge in [0.15, 0.2) is 0 Å². The zero-order chi connectivity index (χ0) is 33.4. The van der Waals surface area contributed by atoms with Crippen molar-refractivity contribution in [2.75, 3.05) is 0 Å². The Balaban J connectivity index is 6.78. The molecule has 240 valence electrons. The summed E-state index contributed by atoms with van der Waals surface area (Å²) in [6.07, 6.45) is 4.21. The first-order chi connectivity index (χ1) is 17.7. The van der Waals surface area contributed by atoms with Crippen LogP contribution in [-0.2, 0) is 19.1 Å². The summed E-state index contributed by atoms with van der Waals surface area (Å²) in [7, 11) is 0. The van der Waals surface area contributed by atoms with E-state index in [9.17, 15) is 29.7 Å². The number of carboxylic acid groups (broad SMARTS) is 3. The molecule has 0 aromatic heterocycles. The van der Waals surface area contributed by atoms with Gasteiger partial charge in [-0.2, -0.15) is 0 Å². The molecule has 41 heavy (non-hydrogen) atoms. The Bertz CT molecular complexity index is 985. The van der Waals surface area contributed by atoms with Crippen molar-refractivity contribution in [3.63, 3.8) is 0 Å². The molecule has 0 saturated heterocycles. The number of rotatable bonds is 15. The Kier molecular flexibility index (Phi) is 11.5. The summed E-state index contributed by atoms with van der Waals surface area (Å²) < 4.78 is 6.89. The molecule has 2 atom stereocenters. The van der Waals surface area contributed by atoms with Gasteiger partial charge in [-0.3, -0.25) is 14.4 Å². The molecule has 0 aliphatic rings. The van der Waals surface area contributed by atoms with Gasteiger partial charge in [-0.1, -0.05) is 88.3 Å². The van der Waals surface area contributed by atoms with Crippen LogP contribution in [0.5, 0.6) is 0 Å². The zero-order valence-corrected chi connectivity index (χ0v) is 29.2. The van der Waals surface area contributed by atoms with Crippen molar-refractivity contribution in [1.82, 2.24) is 0 Å². The fourth-order valence-corrected chi connectivity index (χ4v) is 6.22. The van der Waals surface area contributed by atoms with E-state index in [1.165, 1.54) is 0 Å². The first-order valence-corrected chi connectivity index (χ1v) is 14.8. The van der Waals surface area contributed by atoms with E-state index in [1.807, 2.05) is 67.5 Å². The molecule has 0 radical (unpaired) electrons. The largest absolute Gasteiger partial charge is 0.481 e. The van der Waals surface area contributed by atoms with Crippen molar-refractivity contribution in [3.05, 3.63) is 12.2 Å². The molecule has 0 aliphatic carbocycles. The van der Waals surface area contributed by atoms with E-state index < -0.39 is 74.4 Å². The molecule has 2 unspecified atom stereocenters. The number of aliphatic carboxylic acids is 3. The highest BCUT2D eigenvalue weighted by molar-refractivity contribution is 5.78. The van der Waals surface area contributed by atoms with Crippen LogP contribution < -0.4 is 0 Å². The van der Waals surface area contributed by atoms with Crippen LogP contribution in [0.15, 0.2) is 12.2 Å². The van der Waals surface area contributed by atoms with E-state index >= 15 is 0 Å². The number of hydrogen-bond donors (Lipinski definition) is 3. The smallest absolute Gasteiger partial charge is 0.309 e. The molecule has 7 heteroatoms. The lowest BCUT2D eigenvalue weighted by atomic mass is 9.57. The van der Waals surface area contributed by atoms with Crippen LogP contribution in [0.1, 0.15) is 131 Å². The van der Waals surface area contributed by atoms with E-state index in [0.717, 1.165) is 0 Å². The van der Waals surface area contributed by atoms with Crippen molar-refractivity contribution in [2.24, 2.45) is 44.3 Å². The lowest BCUT2D eigenvalue weighted by molar-refractivity contribution is -0.247. The second-order valence-electron chi connectivity index (χ2n) is 17.2. The monoisotopic (exact) mass is 582 g/mol. The van der Waals surface area contributed by atoms with Gasteiger partial charge in [-0.05, 0) is 70.1 Å². The lowest BCUT2D eigenvalue weighted by Gasteiger charge is -2.57. The summed E-state index contributed by atoms with van der Waals surface area (Å²) in [5.74, 6) is -4.75. The van der Waals surface area contributed by atoms with Gasteiger partial charge in [0, 0.05) is 10.8 Å². The molecule has 0 spiro atoms. The van der Waals surface area contributed by atoms with Crippen molar-refractivity contribution in [2.45, 2.75) is 142 Å². The van der Waals surface area contributed by atoms with E-state index in [4.69, 9.17) is 4.74 Å². The number of carbonyl (C=O) groups is 3. The summed E-state index contributed by atoms with van der Waals surface area (Å²) in [6.45, 7) is 33.9. The minimum absolute atomic E-state index is 0.0887. The Morgan fingerprint density at radius 2 is 1.10 bits per heavy atom. The average molecular weight is 583 g/mol. The highest BCUT2D eigenvalue weighted by Crippen LogP contribution is 2.55. The molecule has 7 nitrogen and oxygen atoms in total. The van der Waals surface area contributed by atoms with Crippen LogP contribution in [0.25, 0.3) is 0 Å². The topological polar surface area (TPSA) is 121 Å². The summed E-state index contributed by atoms with van der Waals surface area (Å²) in [4.78, 5) is 36.3. The van der Waals surface area contributed by atoms with Gasteiger partial charge in [0.1, 0.15) is 0 Å². The van der Waals surface area contributed by atoms with Crippen molar-refractivity contribution >= 4 is 17.9 Å². The Labute approximate surface area is 250 Å². The zero-order valence-electron chi connectivity index (χ0n) is 29.2. The summed E-state index contributed by atoms with van der Waals surface area (Å²) >= 11 is 0. The summed E-state index contributed by atoms with van der Waals surface area (Å²) in [5.41, 5.74) is -5.02. The van der Waals surface area contributed by atoms with Crippen molar-refractivity contribution in [1.29, 1.82) is 0 Å². The highest BCUT2D eigenvalue weighted by Gasteiger charge is 2.57. The lowest BCUT2D eigenvalue weighted by Crippen LogP contribution is -2.60. The minimum Gasteiger partial charge on any atom is -0.481 e. The number of carboxylic acids is 3. The second-order valence-corrected chi connectivity index (χ2v) is 17.2. The van der Waals surface area contributed by atoms with Gasteiger partial charge in [0.25, 0.3) is 0 Å². The molecular weight excluding hydrogens is 520 g/mol. The molecule has 3 N–H and O–H groups in total. The standard InChI is InChI=1S/C34H62O7/c1-27(2,3)21-28(4,5)23(22(25(37)38)20-24(35)36)18-19-29(6,7)31(10,11)33(14,15)41-34(16,17)32(12,13)30(8,9)26(39)40/h18-19,22-23H,20-21H2,1-17H3,(H,35,36)(H,37,38)(H,39,40)/b19-18+. The van der Waals surface area contributed by atoms with E-state index in [2.05, 4.69) is 48.5 Å². The number of hydrogen-bond acceptors (Lipinski definition) is 4. The number of ether oxygens (including phenoxy) is 1. The average Bonchev–Trinajstić information content (AvgIpc) is 2.69. The van der Waals surface area contributed by atoms with Crippen LogP contribution in [0.4, 0.5) is 0 Å². The van der Waals surface area contributed by atoms with Crippen molar-refractivity contribution in [3.8, 4) is 0 Å². The predicted octanol–water partition coefficient (Wildman–Crippen LogP) is 8.56. The third kappa shape index (κ3) is 8.58. The molecule has 0 amide bonds. The Morgan fingerprint density at radius 3 is 1.44 bits per heavy atom. The maximum absolute atomic E-state index is 12.4. The molecular formula is C34H62O7. The fourth-order valence-electron chi connectivity index (χ4n) is 6.22. The first-order valence-electron chi connectivity index (χ1n) is 14.8. The summed E-state index contributed by atoms with van der Waals surface area (Å²) in [5, 5.41) is 29.7. The second kappa shape index (κ2) is 12.0. The van der Waals surface area contributed by atoms with E-state index in [1.54, 1.807) is 13.8 Å². The van der Waals surface area contributed by atoms with Crippen LogP contribution in [0.3, 0.4) is 0 Å². The molecule has 0 heterocycles. The third-order valence-corrected chi connectivity index (χ3v) is 11.0. The normalized spacial score (nSPS) is 16.5. The third-order valence-electron chi connectivity index (χ3n) is 11.0. The molecule has 0 aliphatic heterocycles. The fraction of sp³-hybridized carbons (Fsp3) is 0.853. The van der Waals surface area contributed by atoms with Crippen molar-refractivity contribution < 1.29 is 34.4 Å². The first kappa shape index (κ1) is 39.1. The molecule has 0 fully saturated rings. The van der Waals surface area contributed by atoms with Crippen LogP contribution in [-0.4, -0.2) is 44.4 Å². The maximum atomic E-state index is 12.4. The van der Waals surface area contributed by atoms with Crippen LogP contribution in [0.2, 0.25) is 0 Å². The van der Waals surface area contributed by atoms with Gasteiger partial charge in [0.05, 0.1) is 29.0 Å². The summed E-state index contributed by atoms with van der Waals surface area (Å²) in [6, 6.07) is 0. The molecule has 0 saturated carbocycles. The SMILES string of the molecule is CC(C)(C)CC(C)(C)C(/C=C/C(C)(C)C(C)(C)C(C)(C)OC(C)(C)C(C)(C)C(C)(C)C(=O)O)C(CC(=O)O)C(=O)O. The van der Waals surface area contributed by atoms with Gasteiger partial charge in [-0.15, -0.1) is 0 Å². The molecule has 0 aromatic rings. The van der Waals surface area contributed by atoms with Gasteiger partial charge in [-0.25, -0.2) is 0 Å². The molecule has 0 rings (SSSR count). The Hall–Kier alpha value is -1.89. The highest BCUT2D eigenvalue weighted by atomic mass is 16.5. The van der Waals surface area contributed by atoms with Gasteiger partial charge in [0.2, 0.25) is 0 Å². The van der Waals surface area contributed by atoms with Gasteiger partial charge < -0.3 is 20.1 Å². The molecule has 0 bridgehead atoms. The van der Waals surface area contributed by atoms with Crippen LogP contribution in [0, 0.1) is 44.3 Å². The number of allylic oxidation sites excluding steroid dienone is 2. The predicted molar refractivity (Wildman–Crippen MR) is 166 cm³/mol. The molecule has 0 aromatic carbocycles. The van der Waals surface area contributed by atoms with E-state index in [0.29, 0.717) is 6.42 Å². The Morgan fingerprint density at radius 1 is 0.683 bits per heavy atom.